The summed E-state index contributed by atoms with van der Waals surface area (Å²) < 4.78 is 35.9. The van der Waals surface area contributed by atoms with Crippen LogP contribution in [0.1, 0.15) is 100 Å². The van der Waals surface area contributed by atoms with Gasteiger partial charge in [0.25, 0.3) is 0 Å². The number of hydrogen-bond acceptors (Lipinski definition) is 14. The molecule has 7 rings (SSSR count). The molecule has 0 unspecified atom stereocenters. The minimum atomic E-state index is -1.62. The van der Waals surface area contributed by atoms with E-state index in [1.54, 1.807) is 0 Å². The lowest BCUT2D eigenvalue weighted by Gasteiger charge is -2.69. The van der Waals surface area contributed by atoms with Crippen LogP contribution < -0.4 is 0 Å². The second-order valence-electron chi connectivity index (χ2n) is 19.3. The van der Waals surface area contributed by atoms with Crippen molar-refractivity contribution < 1.29 is 68.6 Å². The van der Waals surface area contributed by atoms with Crippen molar-refractivity contribution >= 4 is 11.9 Å². The molecule has 4 heterocycles. The number of hydrogen-bond donors (Lipinski definition) is 6. The highest BCUT2D eigenvalue weighted by Crippen LogP contribution is 2.73. The molecule has 14 nitrogen and oxygen atoms in total. The minimum Gasteiger partial charge on any atom is -0.461 e. The van der Waals surface area contributed by atoms with Crippen LogP contribution in [0.15, 0.2) is 22.8 Å². The lowest BCUT2D eigenvalue weighted by atomic mass is 9.35. The quantitative estimate of drug-likeness (QED) is 0.124. The number of cyclic esters (lactones) is 2. The van der Waals surface area contributed by atoms with Crippen LogP contribution in [0.5, 0.6) is 0 Å². The fourth-order valence-electron chi connectivity index (χ4n) is 12.5. The highest BCUT2D eigenvalue weighted by molar-refractivity contribution is 5.95. The number of carbonyl (C=O) groups is 2. The van der Waals surface area contributed by atoms with Crippen LogP contribution in [0, 0.1) is 39.4 Å². The molecule has 18 atom stereocenters. The average molecular weight is 793 g/mol. The molecule has 2 saturated heterocycles. The normalized spacial score (nSPS) is 50.1. The van der Waals surface area contributed by atoms with E-state index >= 15 is 0 Å². The maximum absolute atomic E-state index is 14.3. The maximum atomic E-state index is 14.3. The van der Waals surface area contributed by atoms with Crippen LogP contribution in [0.2, 0.25) is 0 Å². The summed E-state index contributed by atoms with van der Waals surface area (Å²) in [6.45, 7) is 16.2. The van der Waals surface area contributed by atoms with E-state index in [-0.39, 0.29) is 48.3 Å². The molecule has 0 aromatic carbocycles. The van der Waals surface area contributed by atoms with Crippen molar-refractivity contribution in [3.05, 3.63) is 22.8 Å². The van der Waals surface area contributed by atoms with Crippen LogP contribution >= 0.6 is 0 Å². The van der Waals surface area contributed by atoms with Crippen LogP contribution in [0.3, 0.4) is 0 Å². The molecule has 0 spiro atoms. The smallest absolute Gasteiger partial charge is 0.335 e. The Labute approximate surface area is 329 Å². The molecule has 316 valence electrons. The monoisotopic (exact) mass is 792 g/mol. The molecule has 0 aromatic rings. The second-order valence-corrected chi connectivity index (χ2v) is 19.3. The largest absolute Gasteiger partial charge is 0.461 e. The van der Waals surface area contributed by atoms with Gasteiger partial charge in [0.2, 0.25) is 0 Å². The van der Waals surface area contributed by atoms with Crippen LogP contribution in [0.25, 0.3) is 0 Å². The molecule has 6 N–H and O–H groups in total. The molecular formula is C42H64O14. The van der Waals surface area contributed by atoms with Crippen molar-refractivity contribution in [2.24, 2.45) is 39.4 Å². The Morgan fingerprint density at radius 1 is 0.804 bits per heavy atom. The summed E-state index contributed by atoms with van der Waals surface area (Å²) >= 11 is 0. The van der Waals surface area contributed by atoms with Gasteiger partial charge in [-0.05, 0) is 94.3 Å². The number of carbonyl (C=O) groups excluding carboxylic acids is 2. The van der Waals surface area contributed by atoms with E-state index in [9.17, 15) is 40.2 Å². The molecule has 0 amide bonds. The summed E-state index contributed by atoms with van der Waals surface area (Å²) in [5.41, 5.74) is 0.525. The van der Waals surface area contributed by atoms with E-state index in [0.29, 0.717) is 24.8 Å². The van der Waals surface area contributed by atoms with Gasteiger partial charge in [0.05, 0.1) is 24.2 Å². The van der Waals surface area contributed by atoms with Gasteiger partial charge in [-0.25, -0.2) is 4.79 Å². The Hall–Kier alpha value is -1.98. The third kappa shape index (κ3) is 6.44. The number of rotatable bonds is 7. The first kappa shape index (κ1) is 42.2. The molecule has 4 aliphatic heterocycles. The van der Waals surface area contributed by atoms with Crippen molar-refractivity contribution in [1.29, 1.82) is 0 Å². The number of ether oxygens (including phenoxy) is 6. The van der Waals surface area contributed by atoms with Gasteiger partial charge in [0, 0.05) is 23.5 Å². The predicted octanol–water partition coefficient (Wildman–Crippen LogP) is 2.43. The first-order chi connectivity index (χ1) is 26.2. The number of aliphatic hydroxyl groups excluding tert-OH is 6. The average Bonchev–Trinajstić information content (AvgIpc) is 3.39. The zero-order valence-electron chi connectivity index (χ0n) is 34.1. The number of allylic oxidation sites excluding steroid dienone is 1. The van der Waals surface area contributed by atoms with E-state index in [2.05, 4.69) is 33.8 Å². The second kappa shape index (κ2) is 14.9. The summed E-state index contributed by atoms with van der Waals surface area (Å²) in [7, 11) is 0. The first-order valence-corrected chi connectivity index (χ1v) is 20.6. The molecule has 0 aromatic heterocycles. The lowest BCUT2D eigenvalue weighted by Crippen LogP contribution is -2.67. The Bertz CT molecular complexity index is 1590. The molecule has 3 aliphatic carbocycles. The van der Waals surface area contributed by atoms with Gasteiger partial charge in [0.1, 0.15) is 55.4 Å². The zero-order valence-corrected chi connectivity index (χ0v) is 34.1. The fraction of sp³-hybridized carbons (Fsp3) is 0.857. The Kier molecular flexibility index (Phi) is 11.2. The number of aliphatic hydroxyl groups is 6. The molecule has 14 heteroatoms. The third-order valence-electron chi connectivity index (χ3n) is 15.9. The van der Waals surface area contributed by atoms with Gasteiger partial charge in [-0.3, -0.25) is 4.79 Å². The number of fused-ring (bicyclic) bond motifs is 6. The standard InChI is InChI=1S/C42H64O14/c1-19(2)9-11-23-21-17-52-38(50)42(8)22(28(21)35(49)54-23)10-12-26-40(6)15-14-27(39(4,5)25(40)13-16-41(26,42)7)56-37-34(48)32(46)30(44)24(55-37)18-51-36-33(47)31(45)29(43)20(3)53-36/h9,20,22-27,29-34,36-37,43-48H,10-18H2,1-8H3/t20-,22+,23+,24+,25-,26+,27-,29-,30+,31+,32-,33+,34+,36+,37-,40-,41+,42-/m0/s1. The molecule has 0 radical (unpaired) electrons. The summed E-state index contributed by atoms with van der Waals surface area (Å²) in [5, 5.41) is 63.5. The Balaban J connectivity index is 1.08. The van der Waals surface area contributed by atoms with Gasteiger partial charge >= 0.3 is 11.9 Å². The topological polar surface area (TPSA) is 211 Å². The van der Waals surface area contributed by atoms with Gasteiger partial charge in [-0.15, -0.1) is 0 Å². The first-order valence-electron chi connectivity index (χ1n) is 20.6. The zero-order chi connectivity index (χ0) is 40.9. The highest BCUT2D eigenvalue weighted by atomic mass is 16.7. The van der Waals surface area contributed by atoms with E-state index < -0.39 is 89.9 Å². The van der Waals surface area contributed by atoms with E-state index in [0.717, 1.165) is 36.8 Å². The summed E-state index contributed by atoms with van der Waals surface area (Å²) in [4.78, 5) is 28.0. The van der Waals surface area contributed by atoms with Gasteiger partial charge in [0.15, 0.2) is 12.6 Å². The molecule has 56 heavy (non-hydrogen) atoms. The predicted molar refractivity (Wildman–Crippen MR) is 198 cm³/mol. The third-order valence-corrected chi connectivity index (χ3v) is 15.9. The Morgan fingerprint density at radius 2 is 1.48 bits per heavy atom. The minimum absolute atomic E-state index is 0.0660. The van der Waals surface area contributed by atoms with Crippen molar-refractivity contribution in [2.75, 3.05) is 13.2 Å². The lowest BCUT2D eigenvalue weighted by molar-refractivity contribution is -0.344. The molecule has 0 bridgehead atoms. The summed E-state index contributed by atoms with van der Waals surface area (Å²) in [5.74, 6) is -0.584. The van der Waals surface area contributed by atoms with Crippen molar-refractivity contribution in [3.8, 4) is 0 Å². The van der Waals surface area contributed by atoms with Gasteiger partial charge in [-0.2, -0.15) is 0 Å². The van der Waals surface area contributed by atoms with E-state index in [1.165, 1.54) is 6.92 Å². The van der Waals surface area contributed by atoms with Crippen molar-refractivity contribution in [2.45, 2.75) is 174 Å². The highest BCUT2D eigenvalue weighted by Gasteiger charge is 2.71. The Morgan fingerprint density at radius 3 is 2.18 bits per heavy atom. The molecule has 7 aliphatic rings. The van der Waals surface area contributed by atoms with Crippen LogP contribution in [-0.2, 0) is 38.0 Å². The fourth-order valence-corrected chi connectivity index (χ4v) is 12.5. The van der Waals surface area contributed by atoms with Crippen molar-refractivity contribution in [3.63, 3.8) is 0 Å². The van der Waals surface area contributed by atoms with Gasteiger partial charge < -0.3 is 59.1 Å². The molecule has 5 fully saturated rings. The van der Waals surface area contributed by atoms with Crippen LogP contribution in [-0.4, -0.2) is 129 Å². The van der Waals surface area contributed by atoms with Crippen LogP contribution in [0.4, 0.5) is 0 Å². The van der Waals surface area contributed by atoms with Crippen molar-refractivity contribution in [1.82, 2.24) is 0 Å². The summed E-state index contributed by atoms with van der Waals surface area (Å²) in [6.07, 6.45) is -7.58. The number of esters is 2. The van der Waals surface area contributed by atoms with E-state index in [4.69, 9.17) is 28.4 Å². The molecular weight excluding hydrogens is 728 g/mol. The van der Waals surface area contributed by atoms with Gasteiger partial charge in [-0.1, -0.05) is 39.3 Å². The summed E-state index contributed by atoms with van der Waals surface area (Å²) in [6, 6.07) is 0. The SMILES string of the molecule is CC(C)=CC[C@H]1OC(=O)C2=C1COC(=O)[C@]1(C)[C@@H]2CC[C@@H]2[C@@]3(C)CC[C@H](O[C@@H]4O[C@H](CO[C@@H]5O[C@@H](C)[C@H](O)[C@@H](O)[C@H]5O)[C@@H](O)[C@H](O)[C@H]4O)C(C)(C)[C@@H]3CC[C@]21C. The molecule has 3 saturated carbocycles. The van der Waals surface area contributed by atoms with E-state index in [1.807, 2.05) is 20.8 Å². The maximum Gasteiger partial charge on any atom is 0.335 e.